The van der Waals surface area contributed by atoms with Crippen molar-refractivity contribution in [3.63, 3.8) is 0 Å². The third-order valence-electron chi connectivity index (χ3n) is 3.39. The van der Waals surface area contributed by atoms with Gasteiger partial charge in [0.1, 0.15) is 11.3 Å². The highest BCUT2D eigenvalue weighted by atomic mass is 35.5. The van der Waals surface area contributed by atoms with E-state index in [1.54, 1.807) is 0 Å². The van der Waals surface area contributed by atoms with E-state index in [4.69, 9.17) is 26.8 Å². The van der Waals surface area contributed by atoms with E-state index < -0.39 is 11.5 Å². The highest BCUT2D eigenvalue weighted by Gasteiger charge is 2.44. The van der Waals surface area contributed by atoms with Crippen molar-refractivity contribution in [1.82, 2.24) is 0 Å². The molecule has 1 unspecified atom stereocenters. The molecule has 0 spiro atoms. The lowest BCUT2D eigenvalue weighted by Crippen LogP contribution is -2.49. The summed E-state index contributed by atoms with van der Waals surface area (Å²) in [5.41, 5.74) is 7.37. The Morgan fingerprint density at radius 1 is 1.56 bits per heavy atom. The van der Waals surface area contributed by atoms with Crippen LogP contribution in [0.3, 0.4) is 0 Å². The first kappa shape index (κ1) is 13.2. The zero-order valence-electron chi connectivity index (χ0n) is 10.7. The molecule has 1 aliphatic rings. The third kappa shape index (κ3) is 1.76. The molecule has 1 atom stereocenters. The van der Waals surface area contributed by atoms with E-state index in [0.29, 0.717) is 29.4 Å². The Balaban J connectivity index is 2.69. The van der Waals surface area contributed by atoms with Gasteiger partial charge in [0.25, 0.3) is 0 Å². The lowest BCUT2D eigenvalue weighted by molar-refractivity contribution is -0.148. The van der Waals surface area contributed by atoms with Gasteiger partial charge in [-0.05, 0) is 31.0 Å². The van der Waals surface area contributed by atoms with Crippen LogP contribution in [0.2, 0.25) is 5.02 Å². The maximum atomic E-state index is 12.0. The first-order valence-corrected chi connectivity index (χ1v) is 6.10. The lowest BCUT2D eigenvalue weighted by Gasteiger charge is -2.34. The molecule has 0 amide bonds. The molecule has 0 saturated heterocycles. The van der Waals surface area contributed by atoms with Gasteiger partial charge in [0.2, 0.25) is 0 Å². The molecule has 1 aliphatic heterocycles. The minimum Gasteiger partial charge on any atom is -0.493 e. The fourth-order valence-corrected chi connectivity index (χ4v) is 2.57. The number of halogens is 1. The Morgan fingerprint density at radius 3 is 2.83 bits per heavy atom. The largest absolute Gasteiger partial charge is 0.493 e. The summed E-state index contributed by atoms with van der Waals surface area (Å²) < 4.78 is 10.4. The second-order valence-electron chi connectivity index (χ2n) is 4.57. The van der Waals surface area contributed by atoms with Crippen molar-refractivity contribution < 1.29 is 14.3 Å². The molecule has 1 aromatic carbocycles. The molecule has 5 heteroatoms. The number of benzene rings is 1. The minimum atomic E-state index is -1.18. The Hall–Kier alpha value is -1.26. The highest BCUT2D eigenvalue weighted by molar-refractivity contribution is 6.32. The fourth-order valence-electron chi connectivity index (χ4n) is 2.42. The van der Waals surface area contributed by atoms with Gasteiger partial charge < -0.3 is 15.2 Å². The van der Waals surface area contributed by atoms with Crippen molar-refractivity contribution in [2.75, 3.05) is 13.7 Å². The molecule has 1 heterocycles. The highest BCUT2D eigenvalue weighted by Crippen LogP contribution is 2.42. The van der Waals surface area contributed by atoms with Gasteiger partial charge in [-0.3, -0.25) is 0 Å². The molecule has 98 valence electrons. The smallest absolute Gasteiger partial charge is 0.330 e. The molecule has 0 saturated carbocycles. The minimum absolute atomic E-state index is 0.382. The number of aryl methyl sites for hydroxylation is 1. The monoisotopic (exact) mass is 269 g/mol. The van der Waals surface area contributed by atoms with Crippen LogP contribution in [0, 0.1) is 13.8 Å². The summed E-state index contributed by atoms with van der Waals surface area (Å²) in [6, 6.07) is 1.81. The number of rotatable bonds is 1. The molecular formula is C13H16ClNO3. The van der Waals surface area contributed by atoms with Crippen molar-refractivity contribution in [3.05, 3.63) is 27.8 Å². The third-order valence-corrected chi connectivity index (χ3v) is 3.98. The van der Waals surface area contributed by atoms with E-state index in [0.717, 1.165) is 11.1 Å². The van der Waals surface area contributed by atoms with Crippen molar-refractivity contribution in [3.8, 4) is 5.75 Å². The number of nitrogens with two attached hydrogens (primary N) is 1. The van der Waals surface area contributed by atoms with Crippen molar-refractivity contribution in [2.45, 2.75) is 25.8 Å². The van der Waals surface area contributed by atoms with Gasteiger partial charge in [0.05, 0.1) is 13.7 Å². The second kappa shape index (κ2) is 4.44. The lowest BCUT2D eigenvalue weighted by atomic mass is 9.82. The van der Waals surface area contributed by atoms with E-state index in [1.165, 1.54) is 7.11 Å². The quantitative estimate of drug-likeness (QED) is 0.793. The van der Waals surface area contributed by atoms with E-state index in [2.05, 4.69) is 0 Å². The first-order chi connectivity index (χ1) is 8.41. The second-order valence-corrected chi connectivity index (χ2v) is 4.94. The van der Waals surface area contributed by atoms with Crippen LogP contribution in [-0.2, 0) is 15.1 Å². The van der Waals surface area contributed by atoms with E-state index in [9.17, 15) is 4.79 Å². The number of ether oxygens (including phenoxy) is 2. The number of carbonyl (C=O) groups excluding carboxylic acids is 1. The van der Waals surface area contributed by atoms with Crippen LogP contribution < -0.4 is 10.5 Å². The summed E-state index contributed by atoms with van der Waals surface area (Å²) in [6.07, 6.45) is 0.382. The van der Waals surface area contributed by atoms with Crippen LogP contribution >= 0.6 is 11.6 Å². The van der Waals surface area contributed by atoms with Crippen LogP contribution in [0.5, 0.6) is 5.75 Å². The molecule has 0 aliphatic carbocycles. The number of methoxy groups -OCH3 is 1. The Labute approximate surface area is 111 Å². The predicted octanol–water partition coefficient (Wildman–Crippen LogP) is 2.07. The van der Waals surface area contributed by atoms with Crippen LogP contribution in [0.25, 0.3) is 0 Å². The Kier molecular flexibility index (Phi) is 3.25. The van der Waals surface area contributed by atoms with Gasteiger partial charge >= 0.3 is 5.97 Å². The van der Waals surface area contributed by atoms with E-state index in [-0.39, 0.29) is 0 Å². The van der Waals surface area contributed by atoms with E-state index in [1.807, 2.05) is 19.9 Å². The summed E-state index contributed by atoms with van der Waals surface area (Å²) in [5.74, 6) is 0.156. The molecular weight excluding hydrogens is 254 g/mol. The normalized spacial score (nSPS) is 22.1. The number of hydrogen-bond donors (Lipinski definition) is 1. The maximum absolute atomic E-state index is 12.0. The standard InChI is InChI=1S/C13H16ClNO3/c1-7-6-9-10(8(2)11(7)14)13(15,4-5-18-9)12(16)17-3/h6H,4-5,15H2,1-3H3. The van der Waals surface area contributed by atoms with Crippen LogP contribution in [0.1, 0.15) is 23.1 Å². The van der Waals surface area contributed by atoms with Crippen LogP contribution in [0.15, 0.2) is 6.07 Å². The molecule has 0 bridgehead atoms. The van der Waals surface area contributed by atoms with Gasteiger partial charge in [-0.2, -0.15) is 0 Å². The fraction of sp³-hybridized carbons (Fsp3) is 0.462. The van der Waals surface area contributed by atoms with Crippen LogP contribution in [0.4, 0.5) is 0 Å². The summed E-state index contributed by atoms with van der Waals surface area (Å²) in [6.45, 7) is 4.12. The predicted molar refractivity (Wildman–Crippen MR) is 68.9 cm³/mol. The topological polar surface area (TPSA) is 61.5 Å². The van der Waals surface area contributed by atoms with Crippen LogP contribution in [-0.4, -0.2) is 19.7 Å². The number of hydrogen-bond acceptors (Lipinski definition) is 4. The molecule has 0 fully saturated rings. The van der Waals surface area contributed by atoms with Crippen molar-refractivity contribution >= 4 is 17.6 Å². The summed E-state index contributed by atoms with van der Waals surface area (Å²) >= 11 is 6.23. The SMILES string of the molecule is COC(=O)C1(N)CCOc2cc(C)c(Cl)c(C)c21. The van der Waals surface area contributed by atoms with Gasteiger partial charge in [-0.25, -0.2) is 4.79 Å². The first-order valence-electron chi connectivity index (χ1n) is 5.72. The summed E-state index contributed by atoms with van der Waals surface area (Å²) in [5, 5.41) is 0.609. The molecule has 0 radical (unpaired) electrons. The molecule has 2 N–H and O–H groups in total. The number of esters is 1. The number of carbonyl (C=O) groups is 1. The average Bonchev–Trinajstić information content (AvgIpc) is 2.34. The maximum Gasteiger partial charge on any atom is 0.330 e. The van der Waals surface area contributed by atoms with Gasteiger partial charge in [-0.1, -0.05) is 11.6 Å². The van der Waals surface area contributed by atoms with Gasteiger partial charge in [-0.15, -0.1) is 0 Å². The van der Waals surface area contributed by atoms with Gasteiger partial charge in [0.15, 0.2) is 0 Å². The number of fused-ring (bicyclic) bond motifs is 1. The zero-order chi connectivity index (χ0) is 13.5. The summed E-state index contributed by atoms with van der Waals surface area (Å²) in [7, 11) is 1.33. The van der Waals surface area contributed by atoms with E-state index >= 15 is 0 Å². The van der Waals surface area contributed by atoms with Crippen molar-refractivity contribution in [2.24, 2.45) is 5.73 Å². The Morgan fingerprint density at radius 2 is 2.22 bits per heavy atom. The zero-order valence-corrected chi connectivity index (χ0v) is 11.4. The molecule has 2 rings (SSSR count). The Bertz CT molecular complexity index is 515. The molecule has 1 aromatic rings. The van der Waals surface area contributed by atoms with Gasteiger partial charge in [0, 0.05) is 17.0 Å². The molecule has 4 nitrogen and oxygen atoms in total. The average molecular weight is 270 g/mol. The molecule has 18 heavy (non-hydrogen) atoms. The molecule has 0 aromatic heterocycles. The summed E-state index contributed by atoms with van der Waals surface area (Å²) in [4.78, 5) is 12.0. The van der Waals surface area contributed by atoms with Crippen molar-refractivity contribution in [1.29, 1.82) is 0 Å².